The van der Waals surface area contributed by atoms with Gasteiger partial charge in [0.15, 0.2) is 0 Å². The first-order valence-electron chi connectivity index (χ1n) is 6.67. The molecule has 0 aliphatic carbocycles. The number of rotatable bonds is 3. The van der Waals surface area contributed by atoms with Crippen molar-refractivity contribution in [2.45, 2.75) is 25.3 Å². The molecule has 3 heterocycles. The predicted molar refractivity (Wildman–Crippen MR) is 74.4 cm³/mol. The molecule has 6 nitrogen and oxygen atoms in total. The number of aromatic amines is 1. The lowest BCUT2D eigenvalue weighted by Gasteiger charge is -2.32. The highest BCUT2D eigenvalue weighted by Crippen LogP contribution is 2.25. The van der Waals surface area contributed by atoms with Crippen molar-refractivity contribution in [3.8, 4) is 0 Å². The van der Waals surface area contributed by atoms with Gasteiger partial charge in [-0.1, -0.05) is 11.6 Å². The second-order valence-electron chi connectivity index (χ2n) is 5.05. The van der Waals surface area contributed by atoms with Crippen molar-refractivity contribution in [3.05, 3.63) is 35.4 Å². The number of carbonyl (C=O) groups is 1. The minimum Gasteiger partial charge on any atom is -0.340 e. The van der Waals surface area contributed by atoms with Gasteiger partial charge in [-0.05, 0) is 18.9 Å². The van der Waals surface area contributed by atoms with E-state index in [1.165, 1.54) is 0 Å². The van der Waals surface area contributed by atoms with Crippen molar-refractivity contribution in [2.24, 2.45) is 0 Å². The van der Waals surface area contributed by atoms with E-state index in [1.807, 2.05) is 11.0 Å². The summed E-state index contributed by atoms with van der Waals surface area (Å²) in [5.74, 6) is 0.422. The van der Waals surface area contributed by atoms with E-state index in [-0.39, 0.29) is 12.5 Å². The molecule has 0 saturated carbocycles. The van der Waals surface area contributed by atoms with E-state index < -0.39 is 0 Å². The summed E-state index contributed by atoms with van der Waals surface area (Å²) in [5.41, 5.74) is 1.10. The van der Waals surface area contributed by atoms with Gasteiger partial charge in [-0.25, -0.2) is 0 Å². The molecule has 3 rings (SSSR count). The van der Waals surface area contributed by atoms with Gasteiger partial charge < -0.3 is 4.90 Å². The summed E-state index contributed by atoms with van der Waals surface area (Å²) < 4.78 is 1.57. The van der Waals surface area contributed by atoms with Crippen LogP contribution in [0.15, 0.2) is 24.7 Å². The van der Waals surface area contributed by atoms with Crippen molar-refractivity contribution < 1.29 is 4.79 Å². The molecule has 1 aliphatic rings. The van der Waals surface area contributed by atoms with Crippen LogP contribution in [0.2, 0.25) is 5.02 Å². The normalized spacial score (nSPS) is 19.2. The lowest BCUT2D eigenvalue weighted by atomic mass is 9.95. The van der Waals surface area contributed by atoms with Gasteiger partial charge in [0.25, 0.3) is 0 Å². The Hall–Kier alpha value is -1.82. The number of amides is 1. The Morgan fingerprint density at radius 3 is 3.15 bits per heavy atom. The lowest BCUT2D eigenvalue weighted by Crippen LogP contribution is -2.41. The maximum absolute atomic E-state index is 12.3. The first kappa shape index (κ1) is 13.2. The number of piperidine rings is 1. The zero-order valence-corrected chi connectivity index (χ0v) is 11.8. The fourth-order valence-electron chi connectivity index (χ4n) is 2.61. The zero-order chi connectivity index (χ0) is 13.9. The van der Waals surface area contributed by atoms with E-state index in [2.05, 4.69) is 15.3 Å². The molecule has 0 spiro atoms. The van der Waals surface area contributed by atoms with Gasteiger partial charge in [-0.2, -0.15) is 10.2 Å². The highest BCUT2D eigenvalue weighted by molar-refractivity contribution is 6.30. The van der Waals surface area contributed by atoms with Crippen molar-refractivity contribution in [3.63, 3.8) is 0 Å². The molecule has 1 amide bonds. The van der Waals surface area contributed by atoms with E-state index in [9.17, 15) is 4.79 Å². The molecule has 1 atom stereocenters. The van der Waals surface area contributed by atoms with Crippen LogP contribution in [0.5, 0.6) is 0 Å². The predicted octanol–water partition coefficient (Wildman–Crippen LogP) is 1.67. The van der Waals surface area contributed by atoms with Crippen LogP contribution in [0.3, 0.4) is 0 Å². The van der Waals surface area contributed by atoms with E-state index >= 15 is 0 Å². The van der Waals surface area contributed by atoms with E-state index in [0.29, 0.717) is 10.9 Å². The number of aromatic nitrogens is 4. The number of likely N-dealkylation sites (tertiary alicyclic amines) is 1. The Kier molecular flexibility index (Phi) is 3.73. The number of hydrogen-bond acceptors (Lipinski definition) is 3. The fraction of sp³-hybridized carbons (Fsp3) is 0.462. The van der Waals surface area contributed by atoms with Gasteiger partial charge in [-0.15, -0.1) is 0 Å². The smallest absolute Gasteiger partial charge is 0.244 e. The summed E-state index contributed by atoms with van der Waals surface area (Å²) in [6.45, 7) is 1.77. The number of H-pyrrole nitrogens is 1. The standard InChI is InChI=1S/C13H16ClN5O/c14-11-6-16-19(8-11)9-13(20)18-5-1-2-10(7-18)12-3-4-15-17-12/h3-4,6,8,10H,1-2,5,7,9H2,(H,15,17)/t10-/m1/s1. The van der Waals surface area contributed by atoms with E-state index in [1.54, 1.807) is 23.3 Å². The molecule has 1 aliphatic heterocycles. The molecule has 0 radical (unpaired) electrons. The summed E-state index contributed by atoms with van der Waals surface area (Å²) >= 11 is 5.80. The van der Waals surface area contributed by atoms with Crippen molar-refractivity contribution in [1.29, 1.82) is 0 Å². The zero-order valence-electron chi connectivity index (χ0n) is 11.0. The molecule has 1 fully saturated rings. The van der Waals surface area contributed by atoms with Crippen LogP contribution in [0.25, 0.3) is 0 Å². The van der Waals surface area contributed by atoms with Gasteiger partial charge >= 0.3 is 0 Å². The highest BCUT2D eigenvalue weighted by Gasteiger charge is 2.25. The first-order valence-corrected chi connectivity index (χ1v) is 7.05. The quantitative estimate of drug-likeness (QED) is 0.936. The van der Waals surface area contributed by atoms with Gasteiger partial charge in [-0.3, -0.25) is 14.6 Å². The maximum Gasteiger partial charge on any atom is 0.244 e. The molecule has 0 bridgehead atoms. The molecular formula is C13H16ClN5O. The molecule has 7 heteroatoms. The Morgan fingerprint density at radius 1 is 1.55 bits per heavy atom. The van der Waals surface area contributed by atoms with Crippen LogP contribution < -0.4 is 0 Å². The average molecular weight is 294 g/mol. The second-order valence-corrected chi connectivity index (χ2v) is 5.48. The third-order valence-electron chi connectivity index (χ3n) is 3.64. The minimum atomic E-state index is 0.0778. The van der Waals surface area contributed by atoms with Crippen LogP contribution in [0.4, 0.5) is 0 Å². The molecule has 1 saturated heterocycles. The highest BCUT2D eigenvalue weighted by atomic mass is 35.5. The summed E-state index contributed by atoms with van der Waals surface area (Å²) in [6, 6.07) is 1.98. The van der Waals surface area contributed by atoms with Crippen LogP contribution in [-0.4, -0.2) is 43.9 Å². The van der Waals surface area contributed by atoms with Crippen LogP contribution >= 0.6 is 11.6 Å². The molecule has 106 valence electrons. The Labute approximate surface area is 121 Å². The third kappa shape index (κ3) is 2.85. The van der Waals surface area contributed by atoms with Gasteiger partial charge in [0.1, 0.15) is 6.54 Å². The third-order valence-corrected chi connectivity index (χ3v) is 3.83. The van der Waals surface area contributed by atoms with Crippen LogP contribution in [-0.2, 0) is 11.3 Å². The topological polar surface area (TPSA) is 66.8 Å². The molecule has 1 N–H and O–H groups in total. The number of hydrogen-bond donors (Lipinski definition) is 1. The van der Waals surface area contributed by atoms with Crippen molar-refractivity contribution in [1.82, 2.24) is 24.9 Å². The summed E-state index contributed by atoms with van der Waals surface area (Å²) in [5, 5.41) is 11.6. The van der Waals surface area contributed by atoms with Gasteiger partial charge in [0.05, 0.1) is 11.2 Å². The number of carbonyl (C=O) groups excluding carboxylic acids is 1. The Bertz CT molecular complexity index is 579. The maximum atomic E-state index is 12.3. The molecule has 2 aromatic rings. The molecule has 2 aromatic heterocycles. The van der Waals surface area contributed by atoms with Crippen molar-refractivity contribution >= 4 is 17.5 Å². The lowest BCUT2D eigenvalue weighted by molar-refractivity contribution is -0.133. The van der Waals surface area contributed by atoms with E-state index in [0.717, 1.165) is 31.6 Å². The summed E-state index contributed by atoms with van der Waals surface area (Å²) in [6.07, 6.45) is 7.05. The molecular weight excluding hydrogens is 278 g/mol. The minimum absolute atomic E-state index is 0.0778. The Morgan fingerprint density at radius 2 is 2.45 bits per heavy atom. The monoisotopic (exact) mass is 293 g/mol. The van der Waals surface area contributed by atoms with Gasteiger partial charge in [0, 0.05) is 37.1 Å². The SMILES string of the molecule is O=C(Cn1cc(Cl)cn1)N1CCC[C@@H](c2ccn[nH]2)C1. The first-order chi connectivity index (χ1) is 9.72. The number of halogens is 1. The second kappa shape index (κ2) is 5.66. The molecule has 0 aromatic carbocycles. The molecule has 20 heavy (non-hydrogen) atoms. The molecule has 0 unspecified atom stereocenters. The largest absolute Gasteiger partial charge is 0.340 e. The Balaban J connectivity index is 1.63. The number of nitrogens with zero attached hydrogens (tertiary/aromatic N) is 4. The summed E-state index contributed by atoms with van der Waals surface area (Å²) in [7, 11) is 0. The van der Waals surface area contributed by atoms with E-state index in [4.69, 9.17) is 11.6 Å². The van der Waals surface area contributed by atoms with Crippen LogP contribution in [0.1, 0.15) is 24.5 Å². The van der Waals surface area contributed by atoms with Crippen molar-refractivity contribution in [2.75, 3.05) is 13.1 Å². The van der Waals surface area contributed by atoms with Crippen LogP contribution in [0, 0.1) is 0 Å². The van der Waals surface area contributed by atoms with Gasteiger partial charge in [0.2, 0.25) is 5.91 Å². The fourth-order valence-corrected chi connectivity index (χ4v) is 2.77. The summed E-state index contributed by atoms with van der Waals surface area (Å²) in [4.78, 5) is 14.2. The number of nitrogens with one attached hydrogen (secondary N) is 1. The average Bonchev–Trinajstić information content (AvgIpc) is 3.11.